The van der Waals surface area contributed by atoms with Gasteiger partial charge in [0.2, 0.25) is 0 Å². The van der Waals surface area contributed by atoms with E-state index in [2.05, 4.69) is 15.6 Å². The molecule has 1 aromatic heterocycles. The Morgan fingerprint density at radius 1 is 1.17 bits per heavy atom. The third-order valence-corrected chi connectivity index (χ3v) is 3.87. The Balaban J connectivity index is 1.65. The van der Waals surface area contributed by atoms with E-state index in [1.165, 1.54) is 12.3 Å². The number of amides is 2. The molecule has 5 heteroatoms. The first kappa shape index (κ1) is 15.2. The first-order valence-corrected chi connectivity index (χ1v) is 7.73. The zero-order valence-corrected chi connectivity index (χ0v) is 13.0. The summed E-state index contributed by atoms with van der Waals surface area (Å²) < 4.78 is 0. The third kappa shape index (κ3) is 3.94. The molecular weight excluding hydrogens is 290 g/mol. The molecule has 23 heavy (non-hydrogen) atoms. The molecule has 2 amide bonds. The zero-order chi connectivity index (χ0) is 16.2. The molecule has 1 aromatic carbocycles. The van der Waals surface area contributed by atoms with Crippen LogP contribution in [0.25, 0.3) is 0 Å². The van der Waals surface area contributed by atoms with E-state index in [0.29, 0.717) is 12.1 Å². The summed E-state index contributed by atoms with van der Waals surface area (Å²) in [6.45, 7) is 2.46. The highest BCUT2D eigenvalue weighted by Crippen LogP contribution is 2.19. The fourth-order valence-corrected chi connectivity index (χ4v) is 2.27. The van der Waals surface area contributed by atoms with Crippen LogP contribution in [-0.4, -0.2) is 22.8 Å². The maximum Gasteiger partial charge on any atom is 0.270 e. The fraction of sp³-hybridized carbons (Fsp3) is 0.278. The maximum atomic E-state index is 12.3. The van der Waals surface area contributed by atoms with E-state index < -0.39 is 0 Å². The number of carbonyl (C=O) groups is 2. The lowest BCUT2D eigenvalue weighted by Crippen LogP contribution is -2.27. The molecule has 1 saturated carbocycles. The molecule has 0 radical (unpaired) electrons. The van der Waals surface area contributed by atoms with E-state index >= 15 is 0 Å². The van der Waals surface area contributed by atoms with Crippen LogP contribution < -0.4 is 10.6 Å². The Kier molecular flexibility index (Phi) is 4.37. The number of rotatable bonds is 5. The van der Waals surface area contributed by atoms with Crippen molar-refractivity contribution in [3.05, 3.63) is 65.0 Å². The predicted octanol–water partition coefficient (Wildman–Crippen LogP) is 2.21. The topological polar surface area (TPSA) is 71.1 Å². The van der Waals surface area contributed by atoms with Crippen LogP contribution in [0.1, 0.15) is 44.8 Å². The monoisotopic (exact) mass is 309 g/mol. The molecule has 0 saturated heterocycles. The lowest BCUT2D eigenvalue weighted by Gasteiger charge is -2.09. The zero-order valence-electron chi connectivity index (χ0n) is 13.0. The van der Waals surface area contributed by atoms with E-state index in [0.717, 1.165) is 24.0 Å². The standard InChI is InChI=1S/C18H19N3O2/c1-12-4-2-3-5-14(12)11-20-17(22)13-8-9-19-16(10-13)18(23)21-15-6-7-15/h2-5,8-10,15H,6-7,11H2,1H3,(H,20,22)(H,21,23). The molecule has 2 N–H and O–H groups in total. The second-order valence-electron chi connectivity index (χ2n) is 5.79. The highest BCUT2D eigenvalue weighted by atomic mass is 16.2. The first-order valence-electron chi connectivity index (χ1n) is 7.73. The van der Waals surface area contributed by atoms with Gasteiger partial charge < -0.3 is 10.6 Å². The van der Waals surface area contributed by atoms with Crippen LogP contribution in [0.2, 0.25) is 0 Å². The number of nitrogens with zero attached hydrogens (tertiary/aromatic N) is 1. The quantitative estimate of drug-likeness (QED) is 0.889. The summed E-state index contributed by atoms with van der Waals surface area (Å²) in [6, 6.07) is 11.3. The number of hydrogen-bond donors (Lipinski definition) is 2. The second-order valence-corrected chi connectivity index (χ2v) is 5.79. The van der Waals surface area contributed by atoms with Gasteiger partial charge in [0.25, 0.3) is 11.8 Å². The molecule has 1 fully saturated rings. The molecule has 0 unspecified atom stereocenters. The van der Waals surface area contributed by atoms with Gasteiger partial charge in [-0.1, -0.05) is 24.3 Å². The van der Waals surface area contributed by atoms with Crippen LogP contribution >= 0.6 is 0 Å². The maximum absolute atomic E-state index is 12.3. The third-order valence-electron chi connectivity index (χ3n) is 3.87. The Morgan fingerprint density at radius 2 is 1.96 bits per heavy atom. The van der Waals surface area contributed by atoms with Crippen molar-refractivity contribution in [3.63, 3.8) is 0 Å². The van der Waals surface area contributed by atoms with Crippen molar-refractivity contribution in [1.29, 1.82) is 0 Å². The summed E-state index contributed by atoms with van der Waals surface area (Å²) in [5.74, 6) is -0.433. The van der Waals surface area contributed by atoms with Crippen molar-refractivity contribution in [2.24, 2.45) is 0 Å². The van der Waals surface area contributed by atoms with Crippen molar-refractivity contribution in [2.75, 3.05) is 0 Å². The average Bonchev–Trinajstić information content (AvgIpc) is 3.38. The van der Waals surface area contributed by atoms with Gasteiger partial charge >= 0.3 is 0 Å². The minimum atomic E-state index is -0.221. The lowest BCUT2D eigenvalue weighted by molar-refractivity contribution is 0.0946. The summed E-state index contributed by atoms with van der Waals surface area (Å²) in [7, 11) is 0. The summed E-state index contributed by atoms with van der Waals surface area (Å²) in [5, 5.41) is 5.75. The summed E-state index contributed by atoms with van der Waals surface area (Å²) in [5.41, 5.74) is 2.92. The molecule has 0 spiro atoms. The number of nitrogens with one attached hydrogen (secondary N) is 2. The predicted molar refractivity (Wildman–Crippen MR) is 87.1 cm³/mol. The Morgan fingerprint density at radius 3 is 2.70 bits per heavy atom. The van der Waals surface area contributed by atoms with Gasteiger partial charge in [0.15, 0.2) is 0 Å². The summed E-state index contributed by atoms with van der Waals surface area (Å²) in [6.07, 6.45) is 3.52. The van der Waals surface area contributed by atoms with Gasteiger partial charge in [-0.05, 0) is 43.0 Å². The first-order chi connectivity index (χ1) is 11.1. The van der Waals surface area contributed by atoms with Crippen LogP contribution in [0.5, 0.6) is 0 Å². The molecule has 1 aliphatic carbocycles. The van der Waals surface area contributed by atoms with Gasteiger partial charge in [0, 0.05) is 24.3 Å². The summed E-state index contributed by atoms with van der Waals surface area (Å²) >= 11 is 0. The van der Waals surface area contributed by atoms with Crippen LogP contribution in [-0.2, 0) is 6.54 Å². The molecule has 1 aliphatic rings. The normalized spacial score (nSPS) is 13.4. The van der Waals surface area contributed by atoms with Gasteiger partial charge in [-0.15, -0.1) is 0 Å². The number of carbonyl (C=O) groups excluding carboxylic acids is 2. The molecule has 0 bridgehead atoms. The van der Waals surface area contributed by atoms with Gasteiger partial charge in [0.1, 0.15) is 5.69 Å². The van der Waals surface area contributed by atoms with Gasteiger partial charge in [-0.2, -0.15) is 0 Å². The van der Waals surface area contributed by atoms with Crippen LogP contribution in [0.3, 0.4) is 0 Å². The summed E-state index contributed by atoms with van der Waals surface area (Å²) in [4.78, 5) is 28.3. The molecule has 3 rings (SSSR count). The van der Waals surface area contributed by atoms with Gasteiger partial charge in [0.05, 0.1) is 0 Å². The van der Waals surface area contributed by atoms with Crippen molar-refractivity contribution in [2.45, 2.75) is 32.4 Å². The lowest BCUT2D eigenvalue weighted by atomic mass is 10.1. The molecule has 2 aromatic rings. The van der Waals surface area contributed by atoms with Crippen molar-refractivity contribution in [3.8, 4) is 0 Å². The van der Waals surface area contributed by atoms with E-state index in [9.17, 15) is 9.59 Å². The number of aryl methyl sites for hydroxylation is 1. The Hall–Kier alpha value is -2.69. The number of hydrogen-bond acceptors (Lipinski definition) is 3. The largest absolute Gasteiger partial charge is 0.348 e. The van der Waals surface area contributed by atoms with E-state index in [-0.39, 0.29) is 23.6 Å². The molecule has 5 nitrogen and oxygen atoms in total. The number of benzene rings is 1. The minimum absolute atomic E-state index is 0.212. The Bertz CT molecular complexity index is 739. The van der Waals surface area contributed by atoms with Gasteiger partial charge in [-0.3, -0.25) is 14.6 Å². The van der Waals surface area contributed by atoms with Crippen molar-refractivity contribution >= 4 is 11.8 Å². The van der Waals surface area contributed by atoms with E-state index in [4.69, 9.17) is 0 Å². The SMILES string of the molecule is Cc1ccccc1CNC(=O)c1ccnc(C(=O)NC2CC2)c1. The second kappa shape index (κ2) is 6.60. The highest BCUT2D eigenvalue weighted by molar-refractivity contribution is 5.98. The average molecular weight is 309 g/mol. The van der Waals surface area contributed by atoms with Crippen molar-refractivity contribution in [1.82, 2.24) is 15.6 Å². The Labute approximate surface area is 135 Å². The van der Waals surface area contributed by atoms with Crippen LogP contribution in [0.4, 0.5) is 0 Å². The smallest absolute Gasteiger partial charge is 0.270 e. The number of aromatic nitrogens is 1. The van der Waals surface area contributed by atoms with E-state index in [1.54, 1.807) is 6.07 Å². The molecular formula is C18H19N3O2. The van der Waals surface area contributed by atoms with Crippen LogP contribution in [0, 0.1) is 6.92 Å². The highest BCUT2D eigenvalue weighted by Gasteiger charge is 2.24. The fourth-order valence-electron chi connectivity index (χ4n) is 2.27. The van der Waals surface area contributed by atoms with Gasteiger partial charge in [-0.25, -0.2) is 0 Å². The van der Waals surface area contributed by atoms with E-state index in [1.807, 2.05) is 31.2 Å². The molecule has 0 atom stereocenters. The molecule has 0 aliphatic heterocycles. The minimum Gasteiger partial charge on any atom is -0.348 e. The van der Waals surface area contributed by atoms with Crippen molar-refractivity contribution < 1.29 is 9.59 Å². The molecule has 118 valence electrons. The number of pyridine rings is 1. The molecule has 1 heterocycles. The van der Waals surface area contributed by atoms with Crippen LogP contribution in [0.15, 0.2) is 42.6 Å².